The Morgan fingerprint density at radius 3 is 2.06 bits per heavy atom. The van der Waals surface area contributed by atoms with E-state index in [2.05, 4.69) is 43.4 Å². The van der Waals surface area contributed by atoms with Gasteiger partial charge in [-0.2, -0.15) is 0 Å². The fraction of sp³-hybridized carbons (Fsp3) is 0.276. The number of ketones is 1. The fourth-order valence-electron chi connectivity index (χ4n) is 4.14. The zero-order chi connectivity index (χ0) is 25.3. The Morgan fingerprint density at radius 1 is 0.914 bits per heavy atom. The van der Waals surface area contributed by atoms with Crippen LogP contribution in [0, 0.1) is 0 Å². The molecule has 4 rings (SSSR count). The molecule has 180 valence electrons. The molecule has 3 aromatic rings. The fourth-order valence-corrected chi connectivity index (χ4v) is 4.14. The third-order valence-corrected chi connectivity index (χ3v) is 6.34. The highest BCUT2D eigenvalue weighted by molar-refractivity contribution is 6.34. The molecule has 6 nitrogen and oxygen atoms in total. The van der Waals surface area contributed by atoms with Crippen molar-refractivity contribution >= 4 is 29.0 Å². The average molecular weight is 471 g/mol. The number of rotatable bonds is 8. The summed E-state index contributed by atoms with van der Waals surface area (Å²) >= 11 is 0. The minimum Gasteiger partial charge on any atom is -0.383 e. The van der Waals surface area contributed by atoms with Crippen molar-refractivity contribution in [1.29, 1.82) is 0 Å². The van der Waals surface area contributed by atoms with E-state index in [1.807, 2.05) is 12.1 Å². The number of aliphatic hydroxyl groups is 1. The largest absolute Gasteiger partial charge is 0.383 e. The van der Waals surface area contributed by atoms with Crippen molar-refractivity contribution in [2.45, 2.75) is 52.2 Å². The second-order valence-corrected chi connectivity index (χ2v) is 9.50. The van der Waals surface area contributed by atoms with Gasteiger partial charge in [0.1, 0.15) is 5.60 Å². The lowest BCUT2D eigenvalue weighted by Gasteiger charge is -2.19. The Labute approximate surface area is 205 Å². The second-order valence-electron chi connectivity index (χ2n) is 9.50. The van der Waals surface area contributed by atoms with Crippen molar-refractivity contribution in [1.82, 2.24) is 0 Å². The summed E-state index contributed by atoms with van der Waals surface area (Å²) in [7, 11) is 0. The number of hydrogen-bond donors (Lipinski definition) is 2. The van der Waals surface area contributed by atoms with Gasteiger partial charge in [-0.1, -0.05) is 37.3 Å². The van der Waals surface area contributed by atoms with Crippen molar-refractivity contribution in [2.75, 3.05) is 10.2 Å². The molecule has 35 heavy (non-hydrogen) atoms. The Morgan fingerprint density at radius 2 is 1.49 bits per heavy atom. The van der Waals surface area contributed by atoms with Gasteiger partial charge in [0.15, 0.2) is 5.78 Å². The standard InChI is InChI=1S/C29H30N2O4/c1-5-29(4,35)26(32)21-10-15-24-25(17-21)28(34)31(27(24)33)23-13-8-20(9-14-23)16-19-6-11-22(12-7-19)30-18(2)3/h6-15,17-18,30,35H,5,16H2,1-4H3. The first kappa shape index (κ1) is 24.4. The molecule has 0 radical (unpaired) electrons. The first-order chi connectivity index (χ1) is 16.6. The first-order valence-corrected chi connectivity index (χ1v) is 11.8. The number of anilines is 2. The summed E-state index contributed by atoms with van der Waals surface area (Å²) in [5, 5.41) is 13.7. The van der Waals surface area contributed by atoms with Crippen LogP contribution in [-0.2, 0) is 6.42 Å². The van der Waals surface area contributed by atoms with Crippen molar-refractivity contribution in [3.8, 4) is 0 Å². The van der Waals surface area contributed by atoms with E-state index in [1.165, 1.54) is 25.1 Å². The smallest absolute Gasteiger partial charge is 0.266 e. The predicted molar refractivity (Wildman–Crippen MR) is 137 cm³/mol. The molecule has 3 aromatic carbocycles. The van der Waals surface area contributed by atoms with Gasteiger partial charge in [-0.3, -0.25) is 14.4 Å². The van der Waals surface area contributed by atoms with Gasteiger partial charge in [0.25, 0.3) is 11.8 Å². The van der Waals surface area contributed by atoms with E-state index in [0.717, 1.165) is 28.1 Å². The molecule has 0 spiro atoms. The summed E-state index contributed by atoms with van der Waals surface area (Å²) in [5.74, 6) is -1.37. The molecule has 0 saturated heterocycles. The van der Waals surface area contributed by atoms with Crippen LogP contribution in [0.25, 0.3) is 0 Å². The number of nitrogens with one attached hydrogen (secondary N) is 1. The van der Waals surface area contributed by atoms with Crippen LogP contribution in [0.3, 0.4) is 0 Å². The first-order valence-electron chi connectivity index (χ1n) is 11.8. The molecule has 0 aromatic heterocycles. The molecule has 1 aliphatic heterocycles. The van der Waals surface area contributed by atoms with Gasteiger partial charge in [-0.15, -0.1) is 0 Å². The van der Waals surface area contributed by atoms with Crippen LogP contribution in [-0.4, -0.2) is 34.3 Å². The molecule has 1 heterocycles. The molecule has 0 fully saturated rings. The van der Waals surface area contributed by atoms with Crippen molar-refractivity contribution in [3.63, 3.8) is 0 Å². The van der Waals surface area contributed by atoms with Crippen molar-refractivity contribution in [3.05, 3.63) is 94.5 Å². The van der Waals surface area contributed by atoms with E-state index in [-0.39, 0.29) is 23.1 Å². The van der Waals surface area contributed by atoms with Gasteiger partial charge >= 0.3 is 0 Å². The minimum atomic E-state index is -1.53. The van der Waals surface area contributed by atoms with Crippen LogP contribution < -0.4 is 10.2 Å². The molecule has 1 atom stereocenters. The van der Waals surface area contributed by atoms with Crippen molar-refractivity contribution in [2.24, 2.45) is 0 Å². The van der Waals surface area contributed by atoms with Crippen LogP contribution in [0.4, 0.5) is 11.4 Å². The molecule has 1 aliphatic rings. The summed E-state index contributed by atoms with van der Waals surface area (Å²) in [6.07, 6.45) is 0.973. The topological polar surface area (TPSA) is 86.7 Å². The summed E-state index contributed by atoms with van der Waals surface area (Å²) in [4.78, 5) is 39.9. The molecule has 1 unspecified atom stereocenters. The van der Waals surface area contributed by atoms with Gasteiger partial charge in [0, 0.05) is 17.3 Å². The van der Waals surface area contributed by atoms with Gasteiger partial charge < -0.3 is 10.4 Å². The summed E-state index contributed by atoms with van der Waals surface area (Å²) in [5.41, 5.74) is 2.88. The summed E-state index contributed by atoms with van der Waals surface area (Å²) < 4.78 is 0. The third-order valence-electron chi connectivity index (χ3n) is 6.34. The number of Topliss-reactive ketones (excluding diaryl/α,β-unsaturated/α-hetero) is 1. The van der Waals surface area contributed by atoms with Crippen LogP contribution in [0.1, 0.15) is 76.3 Å². The normalized spacial score (nSPS) is 14.7. The van der Waals surface area contributed by atoms with E-state index in [1.54, 1.807) is 19.1 Å². The van der Waals surface area contributed by atoms with Crippen molar-refractivity contribution < 1.29 is 19.5 Å². The quantitative estimate of drug-likeness (QED) is 0.347. The Balaban J connectivity index is 1.51. The van der Waals surface area contributed by atoms with Gasteiger partial charge in [-0.05, 0) is 81.1 Å². The minimum absolute atomic E-state index is 0.173. The molecular formula is C29H30N2O4. The lowest BCUT2D eigenvalue weighted by molar-refractivity contribution is 0.0390. The Bertz CT molecular complexity index is 1280. The molecule has 0 bridgehead atoms. The van der Waals surface area contributed by atoms with Gasteiger partial charge in [0.05, 0.1) is 16.8 Å². The number of hydrogen-bond acceptors (Lipinski definition) is 5. The van der Waals surface area contributed by atoms with Crippen LogP contribution in [0.2, 0.25) is 0 Å². The zero-order valence-corrected chi connectivity index (χ0v) is 20.5. The Hall–Kier alpha value is -3.77. The molecule has 2 N–H and O–H groups in total. The molecular weight excluding hydrogens is 440 g/mol. The highest BCUT2D eigenvalue weighted by Gasteiger charge is 2.38. The predicted octanol–water partition coefficient (Wildman–Crippen LogP) is 5.24. The highest BCUT2D eigenvalue weighted by Crippen LogP contribution is 2.30. The van der Waals surface area contributed by atoms with E-state index in [4.69, 9.17) is 0 Å². The van der Waals surface area contributed by atoms with Crippen LogP contribution in [0.5, 0.6) is 0 Å². The maximum Gasteiger partial charge on any atom is 0.266 e. The maximum atomic E-state index is 13.1. The van der Waals surface area contributed by atoms with E-state index >= 15 is 0 Å². The van der Waals surface area contributed by atoms with Crippen LogP contribution in [0.15, 0.2) is 66.7 Å². The number of carbonyl (C=O) groups is 3. The molecule has 6 heteroatoms. The lowest BCUT2D eigenvalue weighted by atomic mass is 9.91. The molecule has 2 amide bonds. The van der Waals surface area contributed by atoms with Gasteiger partial charge in [0.2, 0.25) is 0 Å². The second kappa shape index (κ2) is 9.47. The SMILES string of the molecule is CCC(C)(O)C(=O)c1ccc2c(c1)C(=O)N(c1ccc(Cc3ccc(NC(C)C)cc3)cc1)C2=O. The van der Waals surface area contributed by atoms with E-state index < -0.39 is 23.2 Å². The van der Waals surface area contributed by atoms with E-state index in [9.17, 15) is 19.5 Å². The number of amides is 2. The average Bonchev–Trinajstić information content (AvgIpc) is 3.09. The summed E-state index contributed by atoms with van der Waals surface area (Å²) in [6, 6.07) is 20.4. The number of carbonyl (C=O) groups excluding carboxylic acids is 3. The number of imide groups is 1. The Kier molecular flexibility index (Phi) is 6.59. The lowest BCUT2D eigenvalue weighted by Crippen LogP contribution is -2.34. The molecule has 0 saturated carbocycles. The maximum absolute atomic E-state index is 13.1. The zero-order valence-electron chi connectivity index (χ0n) is 20.5. The highest BCUT2D eigenvalue weighted by atomic mass is 16.3. The van der Waals surface area contributed by atoms with E-state index in [0.29, 0.717) is 11.7 Å². The summed E-state index contributed by atoms with van der Waals surface area (Å²) in [6.45, 7) is 7.35. The van der Waals surface area contributed by atoms with Crippen LogP contribution >= 0.6 is 0 Å². The van der Waals surface area contributed by atoms with Gasteiger partial charge in [-0.25, -0.2) is 4.90 Å². The number of benzene rings is 3. The molecule has 0 aliphatic carbocycles. The monoisotopic (exact) mass is 470 g/mol. The third kappa shape index (κ3) is 4.88. The number of fused-ring (bicyclic) bond motifs is 1. The number of nitrogens with zero attached hydrogens (tertiary/aromatic N) is 1.